The van der Waals surface area contributed by atoms with Crippen LogP contribution in [0, 0.1) is 6.92 Å². The van der Waals surface area contributed by atoms with Crippen LogP contribution in [-0.4, -0.2) is 20.4 Å². The highest BCUT2D eigenvalue weighted by Crippen LogP contribution is 2.20. The van der Waals surface area contributed by atoms with Crippen molar-refractivity contribution in [1.29, 1.82) is 0 Å². The van der Waals surface area contributed by atoms with Gasteiger partial charge in [-0.2, -0.15) is 0 Å². The zero-order valence-corrected chi connectivity index (χ0v) is 17.9. The molecule has 30 heavy (non-hydrogen) atoms. The van der Waals surface area contributed by atoms with Gasteiger partial charge in [0.1, 0.15) is 0 Å². The summed E-state index contributed by atoms with van der Waals surface area (Å²) in [6.07, 6.45) is 1.65. The predicted octanol–water partition coefficient (Wildman–Crippen LogP) is 4.55. The van der Waals surface area contributed by atoms with Gasteiger partial charge in [-0.15, -0.1) is 0 Å². The number of benzene rings is 3. The highest BCUT2D eigenvalue weighted by Gasteiger charge is 2.18. The summed E-state index contributed by atoms with van der Waals surface area (Å²) in [6, 6.07) is 23.3. The summed E-state index contributed by atoms with van der Waals surface area (Å²) in [6.45, 7) is 3.78. The van der Waals surface area contributed by atoms with Crippen molar-refractivity contribution in [2.24, 2.45) is 0 Å². The van der Waals surface area contributed by atoms with Crippen molar-refractivity contribution in [2.75, 3.05) is 4.72 Å². The van der Waals surface area contributed by atoms with E-state index in [0.29, 0.717) is 11.3 Å². The molecule has 3 aromatic rings. The van der Waals surface area contributed by atoms with Crippen LogP contribution in [0.4, 0.5) is 5.69 Å². The van der Waals surface area contributed by atoms with Crippen LogP contribution in [0.25, 0.3) is 0 Å². The average Bonchev–Trinajstić information content (AvgIpc) is 2.74. The summed E-state index contributed by atoms with van der Waals surface area (Å²) >= 11 is 0. The molecule has 0 fully saturated rings. The monoisotopic (exact) mass is 422 g/mol. The first-order chi connectivity index (χ1) is 14.3. The van der Waals surface area contributed by atoms with Crippen molar-refractivity contribution in [3.05, 3.63) is 95.6 Å². The molecule has 0 radical (unpaired) electrons. The zero-order chi connectivity index (χ0) is 21.6. The smallest absolute Gasteiger partial charge is 0.261 e. The first-order valence-corrected chi connectivity index (χ1v) is 11.4. The molecule has 0 aliphatic carbocycles. The number of rotatable bonds is 8. The number of carbonyl (C=O) groups is 1. The Labute approximate surface area is 178 Å². The lowest BCUT2D eigenvalue weighted by molar-refractivity contribution is 0.0938. The van der Waals surface area contributed by atoms with Crippen molar-refractivity contribution in [2.45, 2.75) is 37.6 Å². The topological polar surface area (TPSA) is 75.3 Å². The standard InChI is InChI=1S/C24H26N2O3S/c1-18-9-6-7-14-23(18)26-30(28,29)22-13-8-12-21(17-22)24(27)25-19(2)15-16-20-10-4-3-5-11-20/h3-14,17,19,26H,15-16H2,1-2H3,(H,25,27)/t19-/m1/s1. The number of carbonyl (C=O) groups excluding carboxylic acids is 1. The molecule has 0 aliphatic rings. The fourth-order valence-corrected chi connectivity index (χ4v) is 4.28. The minimum absolute atomic E-state index is 0.0388. The molecule has 5 nitrogen and oxygen atoms in total. The van der Waals surface area contributed by atoms with Gasteiger partial charge >= 0.3 is 0 Å². The SMILES string of the molecule is Cc1ccccc1NS(=O)(=O)c1cccc(C(=O)N[C@H](C)CCc2ccccc2)c1. The van der Waals surface area contributed by atoms with E-state index >= 15 is 0 Å². The van der Waals surface area contributed by atoms with Crippen molar-refractivity contribution in [3.8, 4) is 0 Å². The lowest BCUT2D eigenvalue weighted by Crippen LogP contribution is -2.33. The number of hydrogen-bond acceptors (Lipinski definition) is 3. The number of anilines is 1. The highest BCUT2D eigenvalue weighted by molar-refractivity contribution is 7.92. The average molecular weight is 423 g/mol. The van der Waals surface area contributed by atoms with Crippen LogP contribution in [0.5, 0.6) is 0 Å². The summed E-state index contributed by atoms with van der Waals surface area (Å²) in [5.74, 6) is -0.288. The van der Waals surface area contributed by atoms with Crippen LogP contribution in [0.3, 0.4) is 0 Å². The summed E-state index contributed by atoms with van der Waals surface area (Å²) in [5, 5.41) is 2.95. The third kappa shape index (κ3) is 5.70. The quantitative estimate of drug-likeness (QED) is 0.559. The first kappa shape index (κ1) is 21.6. The number of aryl methyl sites for hydroxylation is 2. The molecule has 0 bridgehead atoms. The van der Waals surface area contributed by atoms with E-state index in [2.05, 4.69) is 22.2 Å². The Morgan fingerprint density at radius 3 is 2.37 bits per heavy atom. The van der Waals surface area contributed by atoms with Gasteiger partial charge in [0.25, 0.3) is 15.9 Å². The molecule has 6 heteroatoms. The molecule has 1 amide bonds. The van der Waals surface area contributed by atoms with Crippen LogP contribution in [-0.2, 0) is 16.4 Å². The Hall–Kier alpha value is -3.12. The third-order valence-electron chi connectivity index (χ3n) is 4.88. The molecule has 3 rings (SSSR count). The molecule has 0 saturated heterocycles. The minimum Gasteiger partial charge on any atom is -0.350 e. The van der Waals surface area contributed by atoms with E-state index in [1.165, 1.54) is 17.7 Å². The zero-order valence-electron chi connectivity index (χ0n) is 17.1. The Balaban J connectivity index is 1.66. The largest absolute Gasteiger partial charge is 0.350 e. The van der Waals surface area contributed by atoms with E-state index in [9.17, 15) is 13.2 Å². The lowest BCUT2D eigenvalue weighted by atomic mass is 10.1. The van der Waals surface area contributed by atoms with Gasteiger partial charge in [-0.05, 0) is 62.1 Å². The van der Waals surface area contributed by atoms with E-state index in [1.807, 2.05) is 44.2 Å². The fraction of sp³-hybridized carbons (Fsp3) is 0.208. The maximum absolute atomic E-state index is 12.8. The summed E-state index contributed by atoms with van der Waals surface area (Å²) < 4.78 is 28.1. The van der Waals surface area contributed by atoms with Gasteiger partial charge in [0, 0.05) is 11.6 Å². The van der Waals surface area contributed by atoms with E-state index in [4.69, 9.17) is 0 Å². The number of hydrogen-bond donors (Lipinski definition) is 2. The Morgan fingerprint density at radius 1 is 0.933 bits per heavy atom. The maximum Gasteiger partial charge on any atom is 0.261 e. The Kier molecular flexibility index (Phi) is 6.90. The molecule has 3 aromatic carbocycles. The molecule has 0 aromatic heterocycles. The number of para-hydroxylation sites is 1. The molecule has 156 valence electrons. The number of sulfonamides is 1. The van der Waals surface area contributed by atoms with Gasteiger partial charge in [-0.3, -0.25) is 9.52 Å². The molecule has 0 aliphatic heterocycles. The minimum atomic E-state index is -3.80. The Bertz CT molecular complexity index is 1110. The van der Waals surface area contributed by atoms with Gasteiger partial charge in [0.15, 0.2) is 0 Å². The first-order valence-electron chi connectivity index (χ1n) is 9.88. The Morgan fingerprint density at radius 2 is 1.63 bits per heavy atom. The predicted molar refractivity (Wildman–Crippen MR) is 120 cm³/mol. The van der Waals surface area contributed by atoms with Gasteiger partial charge in [-0.1, -0.05) is 54.6 Å². The summed E-state index contributed by atoms with van der Waals surface area (Å²) in [7, 11) is -3.80. The van der Waals surface area contributed by atoms with Crippen LogP contribution in [0.2, 0.25) is 0 Å². The van der Waals surface area contributed by atoms with Crippen LogP contribution < -0.4 is 10.0 Å². The number of amides is 1. The molecule has 0 unspecified atom stereocenters. The van der Waals surface area contributed by atoms with E-state index in [0.717, 1.165) is 18.4 Å². The fourth-order valence-electron chi connectivity index (χ4n) is 3.10. The molecule has 0 spiro atoms. The molecular formula is C24H26N2O3S. The lowest BCUT2D eigenvalue weighted by Gasteiger charge is -2.15. The van der Waals surface area contributed by atoms with Crippen molar-refractivity contribution in [1.82, 2.24) is 5.32 Å². The van der Waals surface area contributed by atoms with Crippen LogP contribution >= 0.6 is 0 Å². The van der Waals surface area contributed by atoms with Crippen LogP contribution in [0.15, 0.2) is 83.8 Å². The molecule has 0 saturated carbocycles. The van der Waals surface area contributed by atoms with E-state index in [-0.39, 0.29) is 16.8 Å². The third-order valence-corrected chi connectivity index (χ3v) is 6.25. The second-order valence-electron chi connectivity index (χ2n) is 7.35. The maximum atomic E-state index is 12.8. The van der Waals surface area contributed by atoms with Gasteiger partial charge in [0.2, 0.25) is 0 Å². The summed E-state index contributed by atoms with van der Waals surface area (Å²) in [4.78, 5) is 12.7. The van der Waals surface area contributed by atoms with Crippen molar-refractivity contribution < 1.29 is 13.2 Å². The van der Waals surface area contributed by atoms with Crippen LogP contribution in [0.1, 0.15) is 34.8 Å². The molecule has 0 heterocycles. The molecule has 1 atom stereocenters. The van der Waals surface area contributed by atoms with Gasteiger partial charge in [-0.25, -0.2) is 8.42 Å². The normalized spacial score (nSPS) is 12.2. The second kappa shape index (κ2) is 9.59. The van der Waals surface area contributed by atoms with Gasteiger partial charge < -0.3 is 5.32 Å². The highest BCUT2D eigenvalue weighted by atomic mass is 32.2. The van der Waals surface area contributed by atoms with Gasteiger partial charge in [0.05, 0.1) is 10.6 Å². The van der Waals surface area contributed by atoms with Crippen molar-refractivity contribution in [3.63, 3.8) is 0 Å². The molecule has 2 N–H and O–H groups in total. The second-order valence-corrected chi connectivity index (χ2v) is 9.03. The molecular weight excluding hydrogens is 396 g/mol. The van der Waals surface area contributed by atoms with E-state index < -0.39 is 10.0 Å². The summed E-state index contributed by atoms with van der Waals surface area (Å²) in [5.41, 5.74) is 2.87. The number of nitrogens with one attached hydrogen (secondary N) is 2. The van der Waals surface area contributed by atoms with Crippen molar-refractivity contribution >= 4 is 21.6 Å². The van der Waals surface area contributed by atoms with E-state index in [1.54, 1.807) is 24.3 Å².